The lowest BCUT2D eigenvalue weighted by molar-refractivity contribution is 1.06. The summed E-state index contributed by atoms with van der Waals surface area (Å²) >= 11 is 9.60. The Balaban J connectivity index is 2.83. The lowest BCUT2D eigenvalue weighted by atomic mass is 10.2. The Kier molecular flexibility index (Phi) is 2.35. The van der Waals surface area contributed by atoms with Gasteiger partial charge in [-0.3, -0.25) is 0 Å². The second kappa shape index (κ2) is 3.35. The summed E-state index contributed by atoms with van der Waals surface area (Å²) in [6.07, 6.45) is 0.978. The average Bonchev–Trinajstić information content (AvgIpc) is 2.45. The number of hydrogen-bond acceptors (Lipinski definition) is 0. The minimum atomic E-state index is 0.776. The van der Waals surface area contributed by atoms with E-state index >= 15 is 0 Å². The van der Waals surface area contributed by atoms with Crippen molar-refractivity contribution in [1.82, 2.24) is 4.98 Å². The Morgan fingerprint density at radius 3 is 2.85 bits per heavy atom. The molecule has 0 bridgehead atoms. The first-order valence-electron chi connectivity index (χ1n) is 4.18. The van der Waals surface area contributed by atoms with Gasteiger partial charge in [-0.05, 0) is 28.4 Å². The van der Waals surface area contributed by atoms with Gasteiger partial charge in [0.2, 0.25) is 0 Å². The van der Waals surface area contributed by atoms with E-state index in [-0.39, 0.29) is 0 Å². The van der Waals surface area contributed by atoms with E-state index in [1.165, 1.54) is 5.69 Å². The first-order chi connectivity index (χ1) is 6.24. The van der Waals surface area contributed by atoms with Crippen molar-refractivity contribution in [3.05, 3.63) is 33.4 Å². The highest BCUT2D eigenvalue weighted by atomic mass is 79.9. The van der Waals surface area contributed by atoms with Crippen molar-refractivity contribution in [2.24, 2.45) is 0 Å². The SMILES string of the molecule is CCc1[nH]c2c(Cl)cccc2c1Br. The summed E-state index contributed by atoms with van der Waals surface area (Å²) in [6, 6.07) is 5.91. The summed E-state index contributed by atoms with van der Waals surface area (Å²) in [5.41, 5.74) is 2.22. The Bertz CT molecular complexity index is 447. The highest BCUT2D eigenvalue weighted by Crippen LogP contribution is 2.31. The van der Waals surface area contributed by atoms with E-state index in [9.17, 15) is 0 Å². The first kappa shape index (κ1) is 9.10. The normalized spacial score (nSPS) is 11.0. The second-order valence-corrected chi connectivity index (χ2v) is 4.13. The van der Waals surface area contributed by atoms with Gasteiger partial charge in [-0.2, -0.15) is 0 Å². The second-order valence-electron chi connectivity index (χ2n) is 2.93. The predicted octanol–water partition coefficient (Wildman–Crippen LogP) is 4.15. The van der Waals surface area contributed by atoms with Gasteiger partial charge in [-0.1, -0.05) is 30.7 Å². The van der Waals surface area contributed by atoms with E-state index < -0.39 is 0 Å². The Labute approximate surface area is 90.2 Å². The molecular formula is C10H9BrClN. The molecule has 1 aromatic carbocycles. The molecule has 3 heteroatoms. The van der Waals surface area contributed by atoms with Crippen molar-refractivity contribution >= 4 is 38.4 Å². The molecule has 0 saturated carbocycles. The molecule has 13 heavy (non-hydrogen) atoms. The fourth-order valence-electron chi connectivity index (χ4n) is 1.45. The third-order valence-electron chi connectivity index (χ3n) is 2.14. The van der Waals surface area contributed by atoms with Crippen molar-refractivity contribution < 1.29 is 0 Å². The monoisotopic (exact) mass is 257 g/mol. The van der Waals surface area contributed by atoms with Crippen LogP contribution in [0.5, 0.6) is 0 Å². The third kappa shape index (κ3) is 1.38. The van der Waals surface area contributed by atoms with Crippen LogP contribution in [0.15, 0.2) is 22.7 Å². The minimum Gasteiger partial charge on any atom is -0.356 e. The first-order valence-corrected chi connectivity index (χ1v) is 5.35. The van der Waals surface area contributed by atoms with Crippen molar-refractivity contribution in [2.45, 2.75) is 13.3 Å². The fourth-order valence-corrected chi connectivity index (χ4v) is 2.38. The van der Waals surface area contributed by atoms with Crippen LogP contribution in [0.4, 0.5) is 0 Å². The molecule has 0 saturated heterocycles. The van der Waals surface area contributed by atoms with Crippen LogP contribution in [0.25, 0.3) is 10.9 Å². The standard InChI is InChI=1S/C10H9BrClN/c1-2-8-9(11)6-4-3-5-7(12)10(6)13-8/h3-5,13H,2H2,1H3. The van der Waals surface area contributed by atoms with Crippen LogP contribution in [-0.4, -0.2) is 4.98 Å². The number of rotatable bonds is 1. The quantitative estimate of drug-likeness (QED) is 0.791. The van der Waals surface area contributed by atoms with Crippen LogP contribution >= 0.6 is 27.5 Å². The number of nitrogens with one attached hydrogen (secondary N) is 1. The molecule has 1 nitrogen and oxygen atoms in total. The Morgan fingerprint density at radius 2 is 2.23 bits per heavy atom. The van der Waals surface area contributed by atoms with E-state index in [2.05, 4.69) is 33.9 Å². The van der Waals surface area contributed by atoms with Gasteiger partial charge in [-0.15, -0.1) is 0 Å². The Morgan fingerprint density at radius 1 is 1.46 bits per heavy atom. The molecule has 0 aliphatic heterocycles. The maximum atomic E-state index is 6.05. The van der Waals surface area contributed by atoms with E-state index in [0.717, 1.165) is 26.8 Å². The van der Waals surface area contributed by atoms with Crippen LogP contribution < -0.4 is 0 Å². The van der Waals surface area contributed by atoms with Gasteiger partial charge >= 0.3 is 0 Å². The zero-order valence-electron chi connectivity index (χ0n) is 7.20. The average molecular weight is 259 g/mol. The molecule has 0 atom stereocenters. The van der Waals surface area contributed by atoms with Crippen LogP contribution in [-0.2, 0) is 6.42 Å². The molecule has 1 aromatic heterocycles. The zero-order chi connectivity index (χ0) is 9.42. The molecule has 0 amide bonds. The van der Waals surface area contributed by atoms with Crippen molar-refractivity contribution in [3.8, 4) is 0 Å². The number of halogens is 2. The molecule has 0 fully saturated rings. The van der Waals surface area contributed by atoms with Crippen molar-refractivity contribution in [3.63, 3.8) is 0 Å². The van der Waals surface area contributed by atoms with Gasteiger partial charge in [-0.25, -0.2) is 0 Å². The van der Waals surface area contributed by atoms with E-state index in [4.69, 9.17) is 11.6 Å². The summed E-state index contributed by atoms with van der Waals surface area (Å²) in [4.78, 5) is 3.30. The highest BCUT2D eigenvalue weighted by Gasteiger charge is 2.08. The zero-order valence-corrected chi connectivity index (χ0v) is 9.54. The number of benzene rings is 1. The summed E-state index contributed by atoms with van der Waals surface area (Å²) < 4.78 is 1.13. The molecule has 0 radical (unpaired) electrons. The summed E-state index contributed by atoms with van der Waals surface area (Å²) in [6.45, 7) is 2.11. The van der Waals surface area contributed by atoms with Crippen LogP contribution in [0, 0.1) is 0 Å². The van der Waals surface area contributed by atoms with Gasteiger partial charge in [0.15, 0.2) is 0 Å². The van der Waals surface area contributed by atoms with Crippen molar-refractivity contribution in [1.29, 1.82) is 0 Å². The summed E-state index contributed by atoms with van der Waals surface area (Å²) in [5, 5.41) is 1.93. The molecule has 0 unspecified atom stereocenters. The van der Waals surface area contributed by atoms with Gasteiger partial charge in [0.05, 0.1) is 10.5 Å². The molecule has 68 valence electrons. The van der Waals surface area contributed by atoms with Gasteiger partial charge < -0.3 is 4.98 Å². The fraction of sp³-hybridized carbons (Fsp3) is 0.200. The Hall–Kier alpha value is -0.470. The molecule has 2 rings (SSSR count). The number of fused-ring (bicyclic) bond motifs is 1. The third-order valence-corrected chi connectivity index (χ3v) is 3.37. The molecule has 0 aliphatic rings. The van der Waals surface area contributed by atoms with Gasteiger partial charge in [0, 0.05) is 15.6 Å². The number of aromatic nitrogens is 1. The molecule has 1 N–H and O–H groups in total. The minimum absolute atomic E-state index is 0.776. The van der Waals surface area contributed by atoms with Crippen LogP contribution in [0.2, 0.25) is 5.02 Å². The number of aryl methyl sites for hydroxylation is 1. The molecule has 0 aliphatic carbocycles. The predicted molar refractivity (Wildman–Crippen MR) is 60.4 cm³/mol. The number of aromatic amines is 1. The maximum absolute atomic E-state index is 6.05. The van der Waals surface area contributed by atoms with Crippen LogP contribution in [0.1, 0.15) is 12.6 Å². The van der Waals surface area contributed by atoms with E-state index in [1.54, 1.807) is 0 Å². The molecule has 2 aromatic rings. The number of para-hydroxylation sites is 1. The van der Waals surface area contributed by atoms with Crippen LogP contribution in [0.3, 0.4) is 0 Å². The number of H-pyrrole nitrogens is 1. The number of hydrogen-bond donors (Lipinski definition) is 1. The molecular weight excluding hydrogens is 249 g/mol. The molecule has 0 spiro atoms. The van der Waals surface area contributed by atoms with Gasteiger partial charge in [0.25, 0.3) is 0 Å². The lowest BCUT2D eigenvalue weighted by Crippen LogP contribution is -1.78. The summed E-state index contributed by atoms with van der Waals surface area (Å²) in [5.74, 6) is 0. The smallest absolute Gasteiger partial charge is 0.0657 e. The van der Waals surface area contributed by atoms with E-state index in [0.29, 0.717) is 0 Å². The summed E-state index contributed by atoms with van der Waals surface area (Å²) in [7, 11) is 0. The van der Waals surface area contributed by atoms with E-state index in [1.807, 2.05) is 12.1 Å². The molecule has 1 heterocycles. The topological polar surface area (TPSA) is 15.8 Å². The lowest BCUT2D eigenvalue weighted by Gasteiger charge is -1.91. The highest BCUT2D eigenvalue weighted by molar-refractivity contribution is 9.10. The largest absolute Gasteiger partial charge is 0.356 e. The maximum Gasteiger partial charge on any atom is 0.0657 e. The van der Waals surface area contributed by atoms with Crippen molar-refractivity contribution in [2.75, 3.05) is 0 Å². The van der Waals surface area contributed by atoms with Gasteiger partial charge in [0.1, 0.15) is 0 Å².